The Kier molecular flexibility index (Phi) is 4.98. The van der Waals surface area contributed by atoms with Crippen LogP contribution in [0.5, 0.6) is 5.75 Å². The van der Waals surface area contributed by atoms with Gasteiger partial charge in [-0.05, 0) is 37.3 Å². The Hall–Kier alpha value is -1.72. The van der Waals surface area contributed by atoms with E-state index in [0.717, 1.165) is 27.4 Å². The van der Waals surface area contributed by atoms with Crippen LogP contribution >= 0.6 is 0 Å². The quantitative estimate of drug-likeness (QED) is 0.515. The van der Waals surface area contributed by atoms with Crippen LogP contribution in [0.25, 0.3) is 21.7 Å². The second-order valence-electron chi connectivity index (χ2n) is 5.25. The minimum Gasteiger partial charge on any atom is -1.00 e. The van der Waals surface area contributed by atoms with Crippen molar-refractivity contribution in [2.24, 2.45) is 0 Å². The van der Waals surface area contributed by atoms with Crippen LogP contribution in [0.1, 0.15) is 6.92 Å². The van der Waals surface area contributed by atoms with Gasteiger partial charge in [-0.2, -0.15) is 4.57 Å². The fraction of sp³-hybridized carbons (Fsp3) is 0.235. The van der Waals surface area contributed by atoms with E-state index >= 15 is 0 Å². The molecule has 3 rings (SSSR count). The first kappa shape index (κ1) is 16.6. The maximum atomic E-state index is 13.6. The summed E-state index contributed by atoms with van der Waals surface area (Å²) in [6.07, 6.45) is 1.48. The molecule has 0 saturated carbocycles. The first-order valence-corrected chi connectivity index (χ1v) is 6.86. The van der Waals surface area contributed by atoms with Gasteiger partial charge in [-0.15, -0.1) is 0 Å². The zero-order valence-corrected chi connectivity index (χ0v) is 14.0. The van der Waals surface area contributed by atoms with Crippen molar-refractivity contribution in [1.29, 1.82) is 0 Å². The largest absolute Gasteiger partial charge is 1.00 e. The van der Waals surface area contributed by atoms with Gasteiger partial charge in [0.15, 0.2) is 12.7 Å². The highest BCUT2D eigenvalue weighted by molar-refractivity contribution is 6.04. The van der Waals surface area contributed by atoms with Crippen LogP contribution in [0.2, 0.25) is 0 Å². The Balaban J connectivity index is 0.00000176. The number of methoxy groups -OCH3 is 1. The van der Waals surface area contributed by atoms with Gasteiger partial charge in [-0.1, -0.05) is 0 Å². The minimum absolute atomic E-state index is 0. The molecule has 1 aromatic heterocycles. The SMILES string of the molecule is COc1ccc2c(c1)c[n+](CC(C)O)c1ccc(F)cc21.[Br-]. The van der Waals surface area contributed by atoms with Gasteiger partial charge in [0.25, 0.3) is 0 Å². The van der Waals surface area contributed by atoms with Gasteiger partial charge in [-0.25, -0.2) is 4.39 Å². The molecule has 22 heavy (non-hydrogen) atoms. The van der Waals surface area contributed by atoms with Crippen LogP contribution in [0.4, 0.5) is 4.39 Å². The summed E-state index contributed by atoms with van der Waals surface area (Å²) < 4.78 is 20.8. The van der Waals surface area contributed by atoms with E-state index in [0.29, 0.717) is 6.54 Å². The lowest BCUT2D eigenvalue weighted by Gasteiger charge is -2.08. The van der Waals surface area contributed by atoms with E-state index in [1.807, 2.05) is 29.0 Å². The first-order chi connectivity index (χ1) is 10.1. The normalized spacial score (nSPS) is 12.2. The van der Waals surface area contributed by atoms with Crippen LogP contribution in [-0.4, -0.2) is 18.3 Å². The second kappa shape index (κ2) is 6.58. The molecule has 0 saturated heterocycles. The van der Waals surface area contributed by atoms with Crippen LogP contribution in [0, 0.1) is 5.82 Å². The standard InChI is InChI=1S/C17H17FNO2.BrH/c1-11(20)9-19-10-12-7-14(21-2)4-5-15(12)16-8-13(18)3-6-17(16)19;/h3-8,10-11,20H,9H2,1-2H3;1H/q+1;/p-1. The number of rotatable bonds is 3. The number of ether oxygens (including phenoxy) is 1. The molecule has 3 nitrogen and oxygen atoms in total. The molecule has 0 amide bonds. The Morgan fingerprint density at radius 3 is 2.64 bits per heavy atom. The predicted molar refractivity (Wildman–Crippen MR) is 79.8 cm³/mol. The molecule has 0 aliphatic carbocycles. The number of hydrogen-bond acceptors (Lipinski definition) is 2. The van der Waals surface area contributed by atoms with Gasteiger partial charge in [0, 0.05) is 11.5 Å². The molecule has 0 radical (unpaired) electrons. The maximum absolute atomic E-state index is 13.6. The number of aliphatic hydroxyl groups excluding tert-OH is 1. The Morgan fingerprint density at radius 1 is 1.18 bits per heavy atom. The molecule has 116 valence electrons. The van der Waals surface area contributed by atoms with Crippen molar-refractivity contribution in [3.05, 3.63) is 48.4 Å². The van der Waals surface area contributed by atoms with E-state index in [-0.39, 0.29) is 22.8 Å². The second-order valence-corrected chi connectivity index (χ2v) is 5.25. The average Bonchev–Trinajstić information content (AvgIpc) is 2.45. The van der Waals surface area contributed by atoms with Crippen LogP contribution in [0.3, 0.4) is 0 Å². The first-order valence-electron chi connectivity index (χ1n) is 6.86. The third kappa shape index (κ3) is 3.05. The highest BCUT2D eigenvalue weighted by atomic mass is 79.9. The molecule has 0 aliphatic heterocycles. The highest BCUT2D eigenvalue weighted by Gasteiger charge is 2.16. The molecule has 0 fully saturated rings. The number of aromatic nitrogens is 1. The maximum Gasteiger partial charge on any atom is 0.213 e. The van der Waals surface area contributed by atoms with Crippen molar-refractivity contribution in [2.75, 3.05) is 7.11 Å². The van der Waals surface area contributed by atoms with Gasteiger partial charge in [0.1, 0.15) is 17.7 Å². The minimum atomic E-state index is -0.480. The molecule has 1 heterocycles. The van der Waals surface area contributed by atoms with Crippen molar-refractivity contribution in [3.8, 4) is 5.75 Å². The van der Waals surface area contributed by atoms with Gasteiger partial charge in [-0.3, -0.25) is 0 Å². The Morgan fingerprint density at radius 2 is 1.95 bits per heavy atom. The number of pyridine rings is 1. The molecule has 2 aromatic carbocycles. The summed E-state index contributed by atoms with van der Waals surface area (Å²) >= 11 is 0. The molecule has 0 aliphatic rings. The van der Waals surface area contributed by atoms with E-state index in [9.17, 15) is 9.50 Å². The van der Waals surface area contributed by atoms with E-state index in [4.69, 9.17) is 4.74 Å². The van der Waals surface area contributed by atoms with Crippen molar-refractivity contribution >= 4 is 21.7 Å². The molecule has 1 unspecified atom stereocenters. The number of fused-ring (bicyclic) bond motifs is 3. The monoisotopic (exact) mass is 365 g/mol. The van der Waals surface area contributed by atoms with Crippen molar-refractivity contribution in [3.63, 3.8) is 0 Å². The fourth-order valence-corrected chi connectivity index (χ4v) is 2.67. The summed E-state index contributed by atoms with van der Waals surface area (Å²) in [5.74, 6) is 0.483. The lowest BCUT2D eigenvalue weighted by atomic mass is 10.1. The number of nitrogens with zero attached hydrogens (tertiary/aromatic N) is 1. The third-order valence-electron chi connectivity index (χ3n) is 3.57. The van der Waals surface area contributed by atoms with Crippen molar-refractivity contribution in [1.82, 2.24) is 0 Å². The molecular formula is C17H17BrFNO2. The predicted octanol–water partition coefficient (Wildman–Crippen LogP) is -0.187. The average molecular weight is 366 g/mol. The number of benzene rings is 2. The summed E-state index contributed by atoms with van der Waals surface area (Å²) in [7, 11) is 1.62. The van der Waals surface area contributed by atoms with Gasteiger partial charge in [0.2, 0.25) is 5.52 Å². The number of hydrogen-bond donors (Lipinski definition) is 1. The Bertz CT molecular complexity index is 820. The molecular weight excluding hydrogens is 349 g/mol. The molecule has 5 heteroatoms. The molecule has 0 bridgehead atoms. The summed E-state index contributed by atoms with van der Waals surface area (Å²) in [5, 5.41) is 12.4. The molecule has 3 aromatic rings. The van der Waals surface area contributed by atoms with Crippen molar-refractivity contribution < 1.29 is 35.8 Å². The molecule has 0 spiro atoms. The van der Waals surface area contributed by atoms with Gasteiger partial charge >= 0.3 is 0 Å². The van der Waals surface area contributed by atoms with E-state index < -0.39 is 6.10 Å². The van der Waals surface area contributed by atoms with Crippen LogP contribution < -0.4 is 26.3 Å². The van der Waals surface area contributed by atoms with Gasteiger partial charge in [0.05, 0.1) is 17.9 Å². The number of aliphatic hydroxyl groups is 1. The molecule has 1 atom stereocenters. The van der Waals surface area contributed by atoms with E-state index in [2.05, 4.69) is 0 Å². The van der Waals surface area contributed by atoms with Crippen LogP contribution in [-0.2, 0) is 6.54 Å². The zero-order chi connectivity index (χ0) is 15.0. The zero-order valence-electron chi connectivity index (χ0n) is 12.4. The van der Waals surface area contributed by atoms with Crippen LogP contribution in [0.15, 0.2) is 42.6 Å². The smallest absolute Gasteiger partial charge is 0.213 e. The molecule has 1 N–H and O–H groups in total. The fourth-order valence-electron chi connectivity index (χ4n) is 2.67. The van der Waals surface area contributed by atoms with E-state index in [1.165, 1.54) is 12.1 Å². The summed E-state index contributed by atoms with van der Waals surface area (Å²) in [6.45, 7) is 2.19. The van der Waals surface area contributed by atoms with E-state index in [1.54, 1.807) is 20.1 Å². The van der Waals surface area contributed by atoms with Crippen molar-refractivity contribution in [2.45, 2.75) is 19.6 Å². The lowest BCUT2D eigenvalue weighted by molar-refractivity contribution is -0.676. The number of halogens is 2. The summed E-state index contributed by atoms with van der Waals surface area (Å²) in [6, 6.07) is 10.4. The Labute approximate surface area is 138 Å². The third-order valence-corrected chi connectivity index (χ3v) is 3.57. The lowest BCUT2D eigenvalue weighted by Crippen LogP contribution is -3.00. The highest BCUT2D eigenvalue weighted by Crippen LogP contribution is 2.26. The summed E-state index contributed by atoms with van der Waals surface area (Å²) in [5.41, 5.74) is 0.898. The van der Waals surface area contributed by atoms with Gasteiger partial charge < -0.3 is 26.8 Å². The topological polar surface area (TPSA) is 33.3 Å². The summed E-state index contributed by atoms with van der Waals surface area (Å²) in [4.78, 5) is 0.